The Morgan fingerprint density at radius 3 is 2.39 bits per heavy atom. The summed E-state index contributed by atoms with van der Waals surface area (Å²) in [5.74, 6) is 1.16. The molecule has 0 N–H and O–H groups in total. The number of piperazine rings is 1. The van der Waals surface area contributed by atoms with E-state index in [0.29, 0.717) is 0 Å². The number of hydrogen-bond acceptors (Lipinski definition) is 4. The molecule has 96 valence electrons. The van der Waals surface area contributed by atoms with Crippen LogP contribution < -0.4 is 4.90 Å². The van der Waals surface area contributed by atoms with Crippen molar-refractivity contribution in [1.29, 1.82) is 0 Å². The first-order valence-electron chi connectivity index (χ1n) is 6.65. The third kappa shape index (κ3) is 2.20. The third-order valence-electron chi connectivity index (χ3n) is 3.67. The maximum Gasteiger partial charge on any atom is 0.201 e. The van der Waals surface area contributed by atoms with Gasteiger partial charge < -0.3 is 14.7 Å². The molecule has 0 saturated carbocycles. The minimum Gasteiger partial charge on any atom is -0.340 e. The molecule has 1 fully saturated rings. The Hall–Kier alpha value is -1.55. The van der Waals surface area contributed by atoms with Crippen molar-refractivity contribution in [3.63, 3.8) is 0 Å². The minimum atomic E-state index is 0.913. The summed E-state index contributed by atoms with van der Waals surface area (Å²) < 4.78 is 0. The van der Waals surface area contributed by atoms with Gasteiger partial charge in [-0.25, -0.2) is 0 Å². The molecule has 0 bridgehead atoms. The fourth-order valence-corrected chi connectivity index (χ4v) is 2.57. The van der Waals surface area contributed by atoms with Crippen molar-refractivity contribution in [2.75, 3.05) is 51.2 Å². The summed E-state index contributed by atoms with van der Waals surface area (Å²) in [5, 5.41) is 0. The lowest BCUT2D eigenvalue weighted by molar-refractivity contribution is 0.214. The lowest BCUT2D eigenvalue weighted by atomic mass is 10.3. The number of hydrogen-bond donors (Lipinski definition) is 0. The molecule has 0 spiro atoms. The van der Waals surface area contributed by atoms with Crippen molar-refractivity contribution < 1.29 is 0 Å². The third-order valence-corrected chi connectivity index (χ3v) is 3.67. The van der Waals surface area contributed by atoms with Crippen molar-refractivity contribution in [3.8, 4) is 0 Å². The van der Waals surface area contributed by atoms with E-state index in [1.165, 1.54) is 5.69 Å². The normalized spacial score (nSPS) is 21.3. The molecule has 0 aromatic heterocycles. The average molecular weight is 244 g/mol. The topological polar surface area (TPSA) is 22.1 Å². The molecule has 0 amide bonds. The zero-order valence-corrected chi connectivity index (χ0v) is 10.9. The van der Waals surface area contributed by atoms with Crippen molar-refractivity contribution in [1.82, 2.24) is 9.80 Å². The highest BCUT2D eigenvalue weighted by Gasteiger charge is 2.26. The van der Waals surface area contributed by atoms with Crippen LogP contribution in [0, 0.1) is 0 Å². The van der Waals surface area contributed by atoms with Crippen LogP contribution in [0.15, 0.2) is 35.3 Å². The molecular weight excluding hydrogens is 224 g/mol. The van der Waals surface area contributed by atoms with E-state index < -0.39 is 0 Å². The second-order valence-electron chi connectivity index (χ2n) is 4.96. The maximum atomic E-state index is 4.69. The molecule has 2 heterocycles. The molecule has 1 aromatic carbocycles. The molecule has 0 radical (unpaired) electrons. The predicted octanol–water partition coefficient (Wildman–Crippen LogP) is 1.11. The molecular formula is C14H20N4. The monoisotopic (exact) mass is 244 g/mol. The van der Waals surface area contributed by atoms with Gasteiger partial charge in [-0.15, -0.1) is 0 Å². The van der Waals surface area contributed by atoms with Gasteiger partial charge in [0.25, 0.3) is 0 Å². The Morgan fingerprint density at radius 2 is 1.67 bits per heavy atom. The Kier molecular flexibility index (Phi) is 3.19. The first-order valence-corrected chi connectivity index (χ1v) is 6.65. The summed E-state index contributed by atoms with van der Waals surface area (Å²) in [6, 6.07) is 10.6. The van der Waals surface area contributed by atoms with Gasteiger partial charge in [-0.3, -0.25) is 4.99 Å². The fraction of sp³-hybridized carbons (Fsp3) is 0.500. The molecule has 2 aliphatic heterocycles. The highest BCUT2D eigenvalue weighted by molar-refractivity contribution is 5.97. The first kappa shape index (κ1) is 11.5. The van der Waals surface area contributed by atoms with E-state index in [1.54, 1.807) is 0 Å². The Labute approximate surface area is 109 Å². The van der Waals surface area contributed by atoms with Crippen LogP contribution in [0.5, 0.6) is 0 Å². The molecule has 3 rings (SSSR count). The second kappa shape index (κ2) is 4.98. The molecule has 0 aliphatic carbocycles. The van der Waals surface area contributed by atoms with E-state index in [-0.39, 0.29) is 0 Å². The maximum absolute atomic E-state index is 4.69. The van der Waals surface area contributed by atoms with E-state index in [4.69, 9.17) is 4.99 Å². The molecule has 4 heteroatoms. The van der Waals surface area contributed by atoms with Crippen LogP contribution in [0.4, 0.5) is 5.69 Å². The number of nitrogens with zero attached hydrogens (tertiary/aromatic N) is 4. The van der Waals surface area contributed by atoms with Crippen LogP contribution in [-0.2, 0) is 0 Å². The molecule has 18 heavy (non-hydrogen) atoms. The van der Waals surface area contributed by atoms with Crippen molar-refractivity contribution >= 4 is 11.6 Å². The quantitative estimate of drug-likeness (QED) is 0.739. The van der Waals surface area contributed by atoms with Gasteiger partial charge in [-0.2, -0.15) is 0 Å². The molecule has 0 atom stereocenters. The van der Waals surface area contributed by atoms with E-state index in [9.17, 15) is 0 Å². The number of aliphatic imine (C=N–C) groups is 1. The summed E-state index contributed by atoms with van der Waals surface area (Å²) in [4.78, 5) is 11.8. The highest BCUT2D eigenvalue weighted by Crippen LogP contribution is 2.19. The highest BCUT2D eigenvalue weighted by atomic mass is 15.4. The number of para-hydroxylation sites is 1. The largest absolute Gasteiger partial charge is 0.340 e. The first-order chi connectivity index (χ1) is 8.84. The Morgan fingerprint density at radius 1 is 0.944 bits per heavy atom. The lowest BCUT2D eigenvalue weighted by Crippen LogP contribution is -2.51. The molecule has 1 saturated heterocycles. The van der Waals surface area contributed by atoms with E-state index in [1.807, 2.05) is 0 Å². The van der Waals surface area contributed by atoms with Gasteiger partial charge in [0, 0.05) is 38.4 Å². The van der Waals surface area contributed by atoms with Crippen LogP contribution >= 0.6 is 0 Å². The zero-order chi connectivity index (χ0) is 12.4. The number of benzene rings is 1. The van der Waals surface area contributed by atoms with Gasteiger partial charge in [0.15, 0.2) is 0 Å². The van der Waals surface area contributed by atoms with E-state index >= 15 is 0 Å². The number of likely N-dealkylation sites (N-methyl/N-ethyl adjacent to an activating group) is 1. The summed E-state index contributed by atoms with van der Waals surface area (Å²) in [5.41, 5.74) is 1.26. The van der Waals surface area contributed by atoms with Crippen LogP contribution in [0.2, 0.25) is 0 Å². The van der Waals surface area contributed by atoms with Gasteiger partial charge in [-0.05, 0) is 19.2 Å². The standard InChI is InChI=1S/C14H20N4/c1-16-9-11-17(12-10-16)14-15-7-8-18(14)13-5-3-2-4-6-13/h2-6H,7-12H2,1H3. The van der Waals surface area contributed by atoms with Crippen LogP contribution in [0.1, 0.15) is 0 Å². The smallest absolute Gasteiger partial charge is 0.201 e. The Balaban J connectivity index is 1.75. The number of rotatable bonds is 1. The van der Waals surface area contributed by atoms with Gasteiger partial charge in [0.1, 0.15) is 0 Å². The Bertz CT molecular complexity index is 421. The van der Waals surface area contributed by atoms with Gasteiger partial charge >= 0.3 is 0 Å². The van der Waals surface area contributed by atoms with Crippen LogP contribution in [-0.4, -0.2) is 62.1 Å². The van der Waals surface area contributed by atoms with Gasteiger partial charge in [0.2, 0.25) is 5.96 Å². The van der Waals surface area contributed by atoms with Crippen molar-refractivity contribution in [2.24, 2.45) is 4.99 Å². The van der Waals surface area contributed by atoms with Gasteiger partial charge in [0.05, 0.1) is 6.54 Å². The molecule has 2 aliphatic rings. The van der Waals surface area contributed by atoms with Crippen LogP contribution in [0.25, 0.3) is 0 Å². The summed E-state index contributed by atoms with van der Waals surface area (Å²) in [6.45, 7) is 6.34. The van der Waals surface area contributed by atoms with Gasteiger partial charge in [-0.1, -0.05) is 18.2 Å². The summed E-state index contributed by atoms with van der Waals surface area (Å²) in [7, 11) is 2.18. The number of anilines is 1. The predicted molar refractivity (Wildman–Crippen MR) is 75.2 cm³/mol. The fourth-order valence-electron chi connectivity index (χ4n) is 2.57. The lowest BCUT2D eigenvalue weighted by Gasteiger charge is -2.36. The molecule has 0 unspecified atom stereocenters. The number of guanidine groups is 1. The summed E-state index contributed by atoms with van der Waals surface area (Å²) >= 11 is 0. The SMILES string of the molecule is CN1CCN(C2=NCCN2c2ccccc2)CC1. The molecule has 1 aromatic rings. The zero-order valence-electron chi connectivity index (χ0n) is 10.9. The second-order valence-corrected chi connectivity index (χ2v) is 4.96. The van der Waals surface area contributed by atoms with Crippen molar-refractivity contribution in [2.45, 2.75) is 0 Å². The minimum absolute atomic E-state index is 0.913. The summed E-state index contributed by atoms with van der Waals surface area (Å²) in [6.07, 6.45) is 0. The average Bonchev–Trinajstić information content (AvgIpc) is 2.90. The van der Waals surface area contributed by atoms with E-state index in [2.05, 4.69) is 52.1 Å². The molecule has 4 nitrogen and oxygen atoms in total. The van der Waals surface area contributed by atoms with Crippen molar-refractivity contribution in [3.05, 3.63) is 30.3 Å². The van der Waals surface area contributed by atoms with E-state index in [0.717, 1.165) is 45.2 Å². The van der Waals surface area contributed by atoms with Crippen LogP contribution in [0.3, 0.4) is 0 Å².